The monoisotopic (exact) mass is 380 g/mol. The molecule has 0 bridgehead atoms. The Kier molecular flexibility index (Phi) is 4.96. The van der Waals surface area contributed by atoms with Crippen LogP contribution < -0.4 is 10.6 Å². The molecule has 0 saturated carbocycles. The highest BCUT2D eigenvalue weighted by atomic mass is 19.1. The Hall–Kier alpha value is -3.75. The number of anilines is 1. The summed E-state index contributed by atoms with van der Waals surface area (Å²) in [5, 5.41) is 18.5. The fourth-order valence-electron chi connectivity index (χ4n) is 2.70. The summed E-state index contributed by atoms with van der Waals surface area (Å²) in [7, 11) is 0. The summed E-state index contributed by atoms with van der Waals surface area (Å²) in [6.07, 6.45) is 2.01. The smallest absolute Gasteiger partial charge is 0.254 e. The van der Waals surface area contributed by atoms with E-state index in [-0.39, 0.29) is 12.1 Å². The van der Waals surface area contributed by atoms with E-state index in [1.165, 1.54) is 18.2 Å². The van der Waals surface area contributed by atoms with Crippen LogP contribution in [0.4, 0.5) is 10.2 Å². The first-order valence-electron chi connectivity index (χ1n) is 8.71. The molecule has 4 aromatic rings. The highest BCUT2D eigenvalue weighted by molar-refractivity contribution is 5.94. The van der Waals surface area contributed by atoms with Crippen LogP contribution in [0, 0.1) is 5.82 Å². The van der Waals surface area contributed by atoms with E-state index in [4.69, 9.17) is 4.42 Å². The third-order valence-corrected chi connectivity index (χ3v) is 4.10. The molecular formula is C19H17FN6O2. The molecule has 0 saturated heterocycles. The van der Waals surface area contributed by atoms with E-state index in [0.717, 1.165) is 5.76 Å². The van der Waals surface area contributed by atoms with Crippen LogP contribution in [0.15, 0.2) is 59.2 Å². The molecule has 0 unspecified atom stereocenters. The van der Waals surface area contributed by atoms with Gasteiger partial charge in [0.1, 0.15) is 17.4 Å². The van der Waals surface area contributed by atoms with Crippen LogP contribution in [0.1, 0.15) is 21.9 Å². The standard InChI is InChI=1S/C19H17FN6O2/c20-15-6-2-1-5-14(15)19(27)21-10-9-18-24-23-17-8-7-16(25-26(17)18)22-12-13-4-3-11-28-13/h1-8,11H,9-10,12H2,(H,21,27)(H,22,25). The van der Waals surface area contributed by atoms with Gasteiger partial charge in [-0.1, -0.05) is 12.1 Å². The van der Waals surface area contributed by atoms with Gasteiger partial charge in [0.15, 0.2) is 11.5 Å². The molecule has 0 atom stereocenters. The molecule has 0 fully saturated rings. The zero-order valence-corrected chi connectivity index (χ0v) is 14.8. The van der Waals surface area contributed by atoms with Gasteiger partial charge in [0.2, 0.25) is 0 Å². The van der Waals surface area contributed by atoms with Crippen molar-refractivity contribution in [2.24, 2.45) is 0 Å². The van der Waals surface area contributed by atoms with Crippen LogP contribution in [-0.2, 0) is 13.0 Å². The largest absolute Gasteiger partial charge is 0.467 e. The normalized spacial score (nSPS) is 10.9. The number of aromatic nitrogens is 4. The zero-order chi connectivity index (χ0) is 19.3. The molecule has 9 heteroatoms. The SMILES string of the molecule is O=C(NCCc1nnc2ccc(NCc3ccco3)nn12)c1ccccc1F. The fourth-order valence-corrected chi connectivity index (χ4v) is 2.70. The lowest BCUT2D eigenvalue weighted by Gasteiger charge is -2.06. The number of amides is 1. The second-order valence-corrected chi connectivity index (χ2v) is 6.02. The number of fused-ring (bicyclic) bond motifs is 1. The molecule has 0 radical (unpaired) electrons. The molecule has 8 nitrogen and oxygen atoms in total. The Morgan fingerprint density at radius 2 is 2.00 bits per heavy atom. The highest BCUT2D eigenvalue weighted by Crippen LogP contribution is 2.10. The number of nitrogens with zero attached hydrogens (tertiary/aromatic N) is 4. The molecule has 1 amide bonds. The number of halogens is 1. The Morgan fingerprint density at radius 1 is 1.11 bits per heavy atom. The number of nitrogens with one attached hydrogen (secondary N) is 2. The number of rotatable bonds is 7. The van der Waals surface area contributed by atoms with E-state index in [2.05, 4.69) is 25.9 Å². The van der Waals surface area contributed by atoms with Crippen LogP contribution in [-0.4, -0.2) is 32.3 Å². The van der Waals surface area contributed by atoms with Gasteiger partial charge in [0, 0.05) is 13.0 Å². The Bertz CT molecular complexity index is 1090. The zero-order valence-electron chi connectivity index (χ0n) is 14.8. The molecule has 0 aliphatic heterocycles. The molecule has 0 aliphatic carbocycles. The lowest BCUT2D eigenvalue weighted by atomic mass is 10.2. The molecular weight excluding hydrogens is 363 g/mol. The van der Waals surface area contributed by atoms with Crippen molar-refractivity contribution in [3.8, 4) is 0 Å². The van der Waals surface area contributed by atoms with Gasteiger partial charge in [0.05, 0.1) is 18.4 Å². The first-order valence-corrected chi connectivity index (χ1v) is 8.71. The number of benzene rings is 1. The van der Waals surface area contributed by atoms with Crippen LogP contribution in [0.2, 0.25) is 0 Å². The van der Waals surface area contributed by atoms with Crippen molar-refractivity contribution in [2.75, 3.05) is 11.9 Å². The van der Waals surface area contributed by atoms with E-state index < -0.39 is 11.7 Å². The second-order valence-electron chi connectivity index (χ2n) is 6.02. The number of hydrogen-bond donors (Lipinski definition) is 2. The first kappa shape index (κ1) is 17.7. The van der Waals surface area contributed by atoms with Crippen molar-refractivity contribution in [3.63, 3.8) is 0 Å². The average molecular weight is 380 g/mol. The lowest BCUT2D eigenvalue weighted by molar-refractivity contribution is 0.0950. The predicted molar refractivity (Wildman–Crippen MR) is 99.3 cm³/mol. The van der Waals surface area contributed by atoms with Crippen molar-refractivity contribution in [1.29, 1.82) is 0 Å². The summed E-state index contributed by atoms with van der Waals surface area (Å²) in [4.78, 5) is 12.1. The summed E-state index contributed by atoms with van der Waals surface area (Å²) < 4.78 is 20.6. The first-order chi connectivity index (χ1) is 13.7. The molecule has 3 aromatic heterocycles. The van der Waals surface area contributed by atoms with Gasteiger partial charge in [-0.25, -0.2) is 4.39 Å². The third kappa shape index (κ3) is 3.83. The number of furan rings is 1. The van der Waals surface area contributed by atoms with Crippen molar-refractivity contribution < 1.29 is 13.6 Å². The fraction of sp³-hybridized carbons (Fsp3) is 0.158. The van der Waals surface area contributed by atoms with Crippen molar-refractivity contribution >= 4 is 17.4 Å². The van der Waals surface area contributed by atoms with E-state index >= 15 is 0 Å². The van der Waals surface area contributed by atoms with Crippen LogP contribution in [0.3, 0.4) is 0 Å². The predicted octanol–water partition coefficient (Wildman–Crippen LogP) is 2.44. The van der Waals surface area contributed by atoms with E-state index in [1.54, 1.807) is 29.0 Å². The molecule has 4 rings (SSSR count). The lowest BCUT2D eigenvalue weighted by Crippen LogP contribution is -2.27. The summed E-state index contributed by atoms with van der Waals surface area (Å²) >= 11 is 0. The number of carbonyl (C=O) groups excluding carboxylic acids is 1. The molecule has 3 heterocycles. The Balaban J connectivity index is 1.40. The van der Waals surface area contributed by atoms with Crippen LogP contribution in [0.5, 0.6) is 0 Å². The van der Waals surface area contributed by atoms with Gasteiger partial charge in [-0.3, -0.25) is 4.79 Å². The van der Waals surface area contributed by atoms with E-state index in [1.807, 2.05) is 12.1 Å². The summed E-state index contributed by atoms with van der Waals surface area (Å²) in [6.45, 7) is 0.779. The maximum Gasteiger partial charge on any atom is 0.254 e. The van der Waals surface area contributed by atoms with Gasteiger partial charge in [0.25, 0.3) is 5.91 Å². The second kappa shape index (κ2) is 7.87. The van der Waals surface area contributed by atoms with Crippen LogP contribution >= 0.6 is 0 Å². The number of carbonyl (C=O) groups is 1. The Morgan fingerprint density at radius 3 is 2.82 bits per heavy atom. The quantitative estimate of drug-likeness (QED) is 0.511. The molecule has 0 spiro atoms. The molecule has 2 N–H and O–H groups in total. The molecule has 142 valence electrons. The van der Waals surface area contributed by atoms with Crippen molar-refractivity contribution in [2.45, 2.75) is 13.0 Å². The van der Waals surface area contributed by atoms with Crippen molar-refractivity contribution in [3.05, 3.63) is 77.8 Å². The number of hydrogen-bond acceptors (Lipinski definition) is 6. The Labute approximate surface area is 159 Å². The minimum atomic E-state index is -0.554. The molecule has 1 aromatic carbocycles. The van der Waals surface area contributed by atoms with Gasteiger partial charge in [-0.15, -0.1) is 15.3 Å². The summed E-state index contributed by atoms with van der Waals surface area (Å²) in [6, 6.07) is 13.1. The van der Waals surface area contributed by atoms with Gasteiger partial charge < -0.3 is 15.1 Å². The maximum atomic E-state index is 13.7. The van der Waals surface area contributed by atoms with Crippen molar-refractivity contribution in [1.82, 2.24) is 25.1 Å². The topological polar surface area (TPSA) is 97.3 Å². The average Bonchev–Trinajstić information content (AvgIpc) is 3.36. The van der Waals surface area contributed by atoms with Gasteiger partial charge in [-0.2, -0.15) is 4.52 Å². The van der Waals surface area contributed by atoms with Gasteiger partial charge in [-0.05, 0) is 36.4 Å². The molecule has 28 heavy (non-hydrogen) atoms. The molecule has 0 aliphatic rings. The minimum Gasteiger partial charge on any atom is -0.467 e. The van der Waals surface area contributed by atoms with E-state index in [9.17, 15) is 9.18 Å². The highest BCUT2D eigenvalue weighted by Gasteiger charge is 2.12. The minimum absolute atomic E-state index is 0.0103. The van der Waals surface area contributed by atoms with Crippen LogP contribution in [0.25, 0.3) is 5.65 Å². The van der Waals surface area contributed by atoms with E-state index in [0.29, 0.717) is 30.3 Å². The summed E-state index contributed by atoms with van der Waals surface area (Å²) in [5.74, 6) is 0.995. The third-order valence-electron chi connectivity index (χ3n) is 4.10. The maximum absolute atomic E-state index is 13.7. The van der Waals surface area contributed by atoms with Gasteiger partial charge >= 0.3 is 0 Å². The summed E-state index contributed by atoms with van der Waals surface area (Å²) in [5.41, 5.74) is 0.607.